The van der Waals surface area contributed by atoms with E-state index in [0.717, 1.165) is 6.54 Å². The van der Waals surface area contributed by atoms with E-state index in [9.17, 15) is 0 Å². The van der Waals surface area contributed by atoms with Crippen LogP contribution in [-0.4, -0.2) is 13.6 Å². The van der Waals surface area contributed by atoms with E-state index in [2.05, 4.69) is 75.2 Å². The first-order valence-electron chi connectivity index (χ1n) is 7.57. The lowest BCUT2D eigenvalue weighted by Gasteiger charge is -2.28. The Balaban J connectivity index is 2.06. The van der Waals surface area contributed by atoms with Crippen LogP contribution in [0.3, 0.4) is 0 Å². The summed E-state index contributed by atoms with van der Waals surface area (Å²) in [5, 5.41) is 0. The number of benzene rings is 2. The molecule has 0 amide bonds. The van der Waals surface area contributed by atoms with Gasteiger partial charge in [0.15, 0.2) is 0 Å². The smallest absolute Gasteiger partial charge is 0.0369 e. The molecule has 2 rings (SSSR count). The highest BCUT2D eigenvalue weighted by atomic mass is 15.1. The summed E-state index contributed by atoms with van der Waals surface area (Å²) in [6.07, 6.45) is 0. The minimum absolute atomic E-state index is 0.0690. The van der Waals surface area contributed by atoms with E-state index in [1.807, 2.05) is 6.07 Å². The molecule has 0 saturated heterocycles. The van der Waals surface area contributed by atoms with Crippen LogP contribution in [0.5, 0.6) is 0 Å². The Morgan fingerprint density at radius 3 is 2.14 bits per heavy atom. The standard InChI is InChI=1S/C19H26N2/c1-14-10-15(2)12-18(11-14)21(4)13-16(3)19(20)17-8-6-5-7-9-17/h5-12,16,19H,13,20H2,1-4H3. The van der Waals surface area contributed by atoms with Crippen LogP contribution < -0.4 is 10.6 Å². The summed E-state index contributed by atoms with van der Waals surface area (Å²) in [5.41, 5.74) is 11.5. The second-order valence-electron chi connectivity index (χ2n) is 6.14. The molecule has 0 spiro atoms. The fourth-order valence-electron chi connectivity index (χ4n) is 2.83. The van der Waals surface area contributed by atoms with Crippen molar-refractivity contribution in [2.45, 2.75) is 26.8 Å². The van der Waals surface area contributed by atoms with Crippen LogP contribution in [0.1, 0.15) is 29.7 Å². The number of hydrogen-bond donors (Lipinski definition) is 1. The fraction of sp³-hybridized carbons (Fsp3) is 0.368. The van der Waals surface area contributed by atoms with Gasteiger partial charge in [0, 0.05) is 25.3 Å². The van der Waals surface area contributed by atoms with E-state index in [0.29, 0.717) is 5.92 Å². The van der Waals surface area contributed by atoms with Gasteiger partial charge >= 0.3 is 0 Å². The number of nitrogens with two attached hydrogens (primary N) is 1. The predicted molar refractivity (Wildman–Crippen MR) is 91.7 cm³/mol. The maximum Gasteiger partial charge on any atom is 0.0369 e. The zero-order valence-electron chi connectivity index (χ0n) is 13.5. The first kappa shape index (κ1) is 15.6. The predicted octanol–water partition coefficient (Wildman–Crippen LogP) is 4.08. The molecule has 0 bridgehead atoms. The molecule has 2 heteroatoms. The van der Waals surface area contributed by atoms with Crippen molar-refractivity contribution in [1.82, 2.24) is 0 Å². The van der Waals surface area contributed by atoms with Gasteiger partial charge in [0.05, 0.1) is 0 Å². The summed E-state index contributed by atoms with van der Waals surface area (Å²) in [4.78, 5) is 2.30. The molecular formula is C19H26N2. The third-order valence-corrected chi connectivity index (χ3v) is 4.01. The van der Waals surface area contributed by atoms with Crippen LogP contribution in [0.2, 0.25) is 0 Å². The quantitative estimate of drug-likeness (QED) is 0.895. The van der Waals surface area contributed by atoms with E-state index in [1.165, 1.54) is 22.4 Å². The molecule has 112 valence electrons. The molecule has 0 aliphatic carbocycles. The lowest BCUT2D eigenvalue weighted by Crippen LogP contribution is -2.31. The summed E-state index contributed by atoms with van der Waals surface area (Å²) in [6.45, 7) is 7.45. The minimum atomic E-state index is 0.0690. The molecule has 21 heavy (non-hydrogen) atoms. The molecule has 2 unspecified atom stereocenters. The highest BCUT2D eigenvalue weighted by Crippen LogP contribution is 2.23. The minimum Gasteiger partial charge on any atom is -0.374 e. The molecule has 2 N–H and O–H groups in total. The van der Waals surface area contributed by atoms with E-state index in [-0.39, 0.29) is 6.04 Å². The topological polar surface area (TPSA) is 29.3 Å². The molecule has 0 radical (unpaired) electrons. The Morgan fingerprint density at radius 1 is 1.00 bits per heavy atom. The van der Waals surface area contributed by atoms with Crippen molar-refractivity contribution in [3.8, 4) is 0 Å². The van der Waals surface area contributed by atoms with Crippen molar-refractivity contribution < 1.29 is 0 Å². The average molecular weight is 282 g/mol. The van der Waals surface area contributed by atoms with Gasteiger partial charge in [-0.25, -0.2) is 0 Å². The first-order valence-corrected chi connectivity index (χ1v) is 7.57. The highest BCUT2D eigenvalue weighted by molar-refractivity contribution is 5.50. The highest BCUT2D eigenvalue weighted by Gasteiger charge is 2.17. The van der Waals surface area contributed by atoms with Crippen LogP contribution in [0.25, 0.3) is 0 Å². The van der Waals surface area contributed by atoms with Crippen molar-refractivity contribution in [2.75, 3.05) is 18.5 Å². The third-order valence-electron chi connectivity index (χ3n) is 4.01. The van der Waals surface area contributed by atoms with Crippen molar-refractivity contribution in [1.29, 1.82) is 0 Å². The summed E-state index contributed by atoms with van der Waals surface area (Å²) in [7, 11) is 2.14. The van der Waals surface area contributed by atoms with Crippen molar-refractivity contribution in [3.05, 3.63) is 65.2 Å². The van der Waals surface area contributed by atoms with Gasteiger partial charge in [0.1, 0.15) is 0 Å². The van der Waals surface area contributed by atoms with Gasteiger partial charge in [-0.1, -0.05) is 43.3 Å². The monoisotopic (exact) mass is 282 g/mol. The first-order chi connectivity index (χ1) is 9.97. The maximum atomic E-state index is 6.40. The van der Waals surface area contributed by atoms with Gasteiger partial charge in [0.25, 0.3) is 0 Å². The summed E-state index contributed by atoms with van der Waals surface area (Å²) >= 11 is 0. The van der Waals surface area contributed by atoms with E-state index in [4.69, 9.17) is 5.73 Å². The molecule has 0 fully saturated rings. The Labute approximate surface area is 128 Å². The normalized spacial score (nSPS) is 13.8. The van der Waals surface area contributed by atoms with Gasteiger partial charge in [-0.15, -0.1) is 0 Å². The number of nitrogens with zero attached hydrogens (tertiary/aromatic N) is 1. The molecule has 0 aliphatic heterocycles. The van der Waals surface area contributed by atoms with E-state index >= 15 is 0 Å². The molecule has 0 aromatic heterocycles. The average Bonchev–Trinajstić information content (AvgIpc) is 2.46. The molecule has 0 saturated carbocycles. The van der Waals surface area contributed by atoms with Gasteiger partial charge in [-0.2, -0.15) is 0 Å². The molecule has 0 heterocycles. The fourth-order valence-corrected chi connectivity index (χ4v) is 2.83. The number of aryl methyl sites for hydroxylation is 2. The summed E-state index contributed by atoms with van der Waals surface area (Å²) in [6, 6.07) is 17.1. The maximum absolute atomic E-state index is 6.40. The van der Waals surface area contributed by atoms with Crippen molar-refractivity contribution in [3.63, 3.8) is 0 Å². The number of hydrogen-bond acceptors (Lipinski definition) is 2. The van der Waals surface area contributed by atoms with Crippen LogP contribution in [0.4, 0.5) is 5.69 Å². The van der Waals surface area contributed by atoms with Crippen LogP contribution in [-0.2, 0) is 0 Å². The Kier molecular flexibility index (Phi) is 5.03. The molecule has 2 aromatic carbocycles. The second kappa shape index (κ2) is 6.77. The molecule has 2 nitrogen and oxygen atoms in total. The van der Waals surface area contributed by atoms with Crippen LogP contribution in [0.15, 0.2) is 48.5 Å². The zero-order valence-corrected chi connectivity index (χ0v) is 13.5. The van der Waals surface area contributed by atoms with E-state index in [1.54, 1.807) is 0 Å². The molecule has 2 aromatic rings. The van der Waals surface area contributed by atoms with Crippen molar-refractivity contribution in [2.24, 2.45) is 11.7 Å². The number of rotatable bonds is 5. The van der Waals surface area contributed by atoms with Gasteiger partial charge in [-0.3, -0.25) is 0 Å². The lowest BCUT2D eigenvalue weighted by molar-refractivity contribution is 0.472. The second-order valence-corrected chi connectivity index (χ2v) is 6.14. The Bertz CT molecular complexity index is 557. The largest absolute Gasteiger partial charge is 0.374 e. The van der Waals surface area contributed by atoms with E-state index < -0.39 is 0 Å². The van der Waals surface area contributed by atoms with Gasteiger partial charge < -0.3 is 10.6 Å². The van der Waals surface area contributed by atoms with Crippen LogP contribution in [0, 0.1) is 19.8 Å². The Hall–Kier alpha value is -1.80. The Morgan fingerprint density at radius 2 is 1.57 bits per heavy atom. The number of anilines is 1. The van der Waals surface area contributed by atoms with Crippen LogP contribution >= 0.6 is 0 Å². The third kappa shape index (κ3) is 4.08. The summed E-state index contributed by atoms with van der Waals surface area (Å²) in [5.74, 6) is 0.387. The van der Waals surface area contributed by atoms with Crippen molar-refractivity contribution >= 4 is 5.69 Å². The van der Waals surface area contributed by atoms with Gasteiger partial charge in [-0.05, 0) is 48.6 Å². The van der Waals surface area contributed by atoms with Gasteiger partial charge in [0.2, 0.25) is 0 Å². The zero-order chi connectivity index (χ0) is 15.4. The lowest BCUT2D eigenvalue weighted by atomic mass is 9.95. The SMILES string of the molecule is Cc1cc(C)cc(N(C)CC(C)C(N)c2ccccc2)c1. The molecule has 0 aliphatic rings. The summed E-state index contributed by atoms with van der Waals surface area (Å²) < 4.78 is 0. The molecule has 2 atom stereocenters. The molecular weight excluding hydrogens is 256 g/mol.